The van der Waals surface area contributed by atoms with Crippen LogP contribution in [0.5, 0.6) is 0 Å². The Bertz CT molecular complexity index is 958. The van der Waals surface area contributed by atoms with Gasteiger partial charge in [-0.1, -0.05) is 54.6 Å². The molecule has 0 spiro atoms. The number of hydrogen-bond donors (Lipinski definition) is 1. The van der Waals surface area contributed by atoms with Gasteiger partial charge in [0.05, 0.1) is 6.21 Å². The first-order chi connectivity index (χ1) is 10.9. The van der Waals surface area contributed by atoms with Gasteiger partial charge in [0, 0.05) is 10.8 Å². The molecule has 0 aliphatic carbocycles. The molecule has 0 saturated carbocycles. The SMILES string of the molecule is C(=N/Nc1nn2cnnc2c2ccccc12)/c1ccccc1. The zero-order valence-corrected chi connectivity index (χ0v) is 11.6. The van der Waals surface area contributed by atoms with Crippen molar-refractivity contribution in [2.24, 2.45) is 5.10 Å². The average molecular weight is 288 g/mol. The van der Waals surface area contributed by atoms with Crippen LogP contribution in [0.25, 0.3) is 16.4 Å². The van der Waals surface area contributed by atoms with Crippen molar-refractivity contribution in [1.29, 1.82) is 0 Å². The Balaban J connectivity index is 1.75. The maximum absolute atomic E-state index is 4.46. The average Bonchev–Trinajstić information content (AvgIpc) is 3.04. The highest BCUT2D eigenvalue weighted by Crippen LogP contribution is 2.23. The molecule has 0 aliphatic heterocycles. The van der Waals surface area contributed by atoms with E-state index in [0.29, 0.717) is 5.82 Å². The van der Waals surface area contributed by atoms with E-state index in [2.05, 4.69) is 25.8 Å². The number of benzene rings is 2. The van der Waals surface area contributed by atoms with Gasteiger partial charge in [0.2, 0.25) is 0 Å². The lowest BCUT2D eigenvalue weighted by Crippen LogP contribution is -2.00. The molecule has 0 amide bonds. The van der Waals surface area contributed by atoms with E-state index < -0.39 is 0 Å². The summed E-state index contributed by atoms with van der Waals surface area (Å²) < 4.78 is 1.64. The van der Waals surface area contributed by atoms with Gasteiger partial charge in [-0.15, -0.1) is 15.3 Å². The second kappa shape index (κ2) is 5.25. The van der Waals surface area contributed by atoms with Gasteiger partial charge in [0.25, 0.3) is 0 Å². The number of hydrogen-bond acceptors (Lipinski definition) is 5. The Morgan fingerprint density at radius 1 is 0.955 bits per heavy atom. The molecule has 4 rings (SSSR count). The summed E-state index contributed by atoms with van der Waals surface area (Å²) in [6, 6.07) is 17.8. The first kappa shape index (κ1) is 12.5. The molecule has 106 valence electrons. The highest BCUT2D eigenvalue weighted by atomic mass is 15.4. The fourth-order valence-corrected chi connectivity index (χ4v) is 2.32. The molecule has 0 fully saturated rings. The molecule has 22 heavy (non-hydrogen) atoms. The summed E-state index contributed by atoms with van der Waals surface area (Å²) in [6.45, 7) is 0. The van der Waals surface area contributed by atoms with Crippen LogP contribution in [0.3, 0.4) is 0 Å². The Labute approximate surface area is 126 Å². The molecule has 0 bridgehead atoms. The van der Waals surface area contributed by atoms with E-state index in [9.17, 15) is 0 Å². The van der Waals surface area contributed by atoms with E-state index in [1.165, 1.54) is 0 Å². The summed E-state index contributed by atoms with van der Waals surface area (Å²) in [4.78, 5) is 0. The second-order valence-corrected chi connectivity index (χ2v) is 4.77. The third-order valence-corrected chi connectivity index (χ3v) is 3.34. The number of fused-ring (bicyclic) bond motifs is 3. The van der Waals surface area contributed by atoms with Crippen LogP contribution in [0, 0.1) is 0 Å². The molecule has 0 atom stereocenters. The van der Waals surface area contributed by atoms with E-state index in [0.717, 1.165) is 22.0 Å². The van der Waals surface area contributed by atoms with Gasteiger partial charge in [0.1, 0.15) is 6.33 Å². The molecule has 1 N–H and O–H groups in total. The Hall–Kier alpha value is -3.28. The largest absolute Gasteiger partial charge is 0.259 e. The summed E-state index contributed by atoms with van der Waals surface area (Å²) in [6.07, 6.45) is 3.33. The molecule has 0 unspecified atom stereocenters. The topological polar surface area (TPSA) is 67.5 Å². The number of rotatable bonds is 3. The Kier molecular flexibility index (Phi) is 2.97. The van der Waals surface area contributed by atoms with E-state index in [4.69, 9.17) is 0 Å². The quantitative estimate of drug-likeness (QED) is 0.465. The fraction of sp³-hybridized carbons (Fsp3) is 0. The summed E-state index contributed by atoms with van der Waals surface area (Å²) in [5.74, 6) is 0.662. The van der Waals surface area contributed by atoms with Gasteiger partial charge in [-0.05, 0) is 5.56 Å². The molecule has 2 aromatic carbocycles. The third-order valence-electron chi connectivity index (χ3n) is 3.34. The number of anilines is 1. The first-order valence-corrected chi connectivity index (χ1v) is 6.85. The number of nitrogens with one attached hydrogen (secondary N) is 1. The number of nitrogens with zero attached hydrogens (tertiary/aromatic N) is 5. The standard InChI is InChI=1S/C16H12N6/c1-2-6-12(7-3-1)10-17-19-15-13-8-4-5-9-14(13)16-20-18-11-22(16)21-15/h1-11H,(H,19,21)/b17-10-. The molecular weight excluding hydrogens is 276 g/mol. The Morgan fingerprint density at radius 2 is 1.73 bits per heavy atom. The van der Waals surface area contributed by atoms with E-state index in [1.54, 1.807) is 17.1 Å². The minimum Gasteiger partial charge on any atom is -0.259 e. The summed E-state index contributed by atoms with van der Waals surface area (Å²) >= 11 is 0. The highest BCUT2D eigenvalue weighted by molar-refractivity contribution is 5.99. The fourth-order valence-electron chi connectivity index (χ4n) is 2.32. The van der Waals surface area contributed by atoms with Crippen LogP contribution in [-0.4, -0.2) is 26.0 Å². The normalized spacial score (nSPS) is 11.5. The van der Waals surface area contributed by atoms with Crippen molar-refractivity contribution in [3.05, 3.63) is 66.5 Å². The Morgan fingerprint density at radius 3 is 2.59 bits per heavy atom. The predicted molar refractivity (Wildman–Crippen MR) is 85.9 cm³/mol. The molecule has 2 aromatic heterocycles. The smallest absolute Gasteiger partial charge is 0.185 e. The van der Waals surface area contributed by atoms with Crippen LogP contribution in [0.2, 0.25) is 0 Å². The maximum atomic E-state index is 4.46. The van der Waals surface area contributed by atoms with Crippen molar-refractivity contribution >= 4 is 28.5 Å². The molecule has 0 radical (unpaired) electrons. The second-order valence-electron chi connectivity index (χ2n) is 4.77. The van der Waals surface area contributed by atoms with Gasteiger partial charge >= 0.3 is 0 Å². The minimum atomic E-state index is 0.662. The summed E-state index contributed by atoms with van der Waals surface area (Å²) in [5.41, 5.74) is 4.75. The third kappa shape index (κ3) is 2.16. The van der Waals surface area contributed by atoms with Gasteiger partial charge in [-0.25, -0.2) is 0 Å². The van der Waals surface area contributed by atoms with Crippen LogP contribution in [0.1, 0.15) is 5.56 Å². The van der Waals surface area contributed by atoms with Crippen molar-refractivity contribution in [3.63, 3.8) is 0 Å². The van der Waals surface area contributed by atoms with Crippen LogP contribution < -0.4 is 5.43 Å². The van der Waals surface area contributed by atoms with Crippen LogP contribution in [-0.2, 0) is 0 Å². The molecule has 6 heteroatoms. The van der Waals surface area contributed by atoms with E-state index in [1.807, 2.05) is 54.6 Å². The zero-order valence-electron chi connectivity index (χ0n) is 11.6. The van der Waals surface area contributed by atoms with Gasteiger partial charge in [0.15, 0.2) is 11.5 Å². The number of hydrazone groups is 1. The predicted octanol–water partition coefficient (Wildman–Crippen LogP) is 2.72. The molecule has 0 saturated heterocycles. The van der Waals surface area contributed by atoms with Crippen LogP contribution >= 0.6 is 0 Å². The molecule has 6 nitrogen and oxygen atoms in total. The lowest BCUT2D eigenvalue weighted by atomic mass is 10.2. The summed E-state index contributed by atoms with van der Waals surface area (Å²) in [7, 11) is 0. The van der Waals surface area contributed by atoms with Crippen molar-refractivity contribution < 1.29 is 0 Å². The lowest BCUT2D eigenvalue weighted by molar-refractivity contribution is 0.934. The van der Waals surface area contributed by atoms with Crippen molar-refractivity contribution in [2.45, 2.75) is 0 Å². The van der Waals surface area contributed by atoms with Crippen molar-refractivity contribution in [1.82, 2.24) is 19.8 Å². The van der Waals surface area contributed by atoms with Crippen molar-refractivity contribution in [2.75, 3.05) is 5.43 Å². The van der Waals surface area contributed by atoms with Crippen molar-refractivity contribution in [3.8, 4) is 0 Å². The number of aromatic nitrogens is 4. The van der Waals surface area contributed by atoms with E-state index in [-0.39, 0.29) is 0 Å². The monoisotopic (exact) mass is 288 g/mol. The zero-order chi connectivity index (χ0) is 14.8. The lowest BCUT2D eigenvalue weighted by Gasteiger charge is -2.05. The molecule has 0 aliphatic rings. The highest BCUT2D eigenvalue weighted by Gasteiger charge is 2.08. The molecule has 2 heterocycles. The summed E-state index contributed by atoms with van der Waals surface area (Å²) in [5, 5.41) is 18.7. The molecular formula is C16H12N6. The van der Waals surface area contributed by atoms with E-state index >= 15 is 0 Å². The van der Waals surface area contributed by atoms with Crippen LogP contribution in [0.15, 0.2) is 66.0 Å². The maximum Gasteiger partial charge on any atom is 0.185 e. The van der Waals surface area contributed by atoms with Gasteiger partial charge < -0.3 is 0 Å². The first-order valence-electron chi connectivity index (χ1n) is 6.85. The van der Waals surface area contributed by atoms with Gasteiger partial charge in [-0.2, -0.15) is 9.62 Å². The molecule has 4 aromatic rings. The van der Waals surface area contributed by atoms with Gasteiger partial charge in [-0.3, -0.25) is 5.43 Å². The van der Waals surface area contributed by atoms with Crippen LogP contribution in [0.4, 0.5) is 5.82 Å². The minimum absolute atomic E-state index is 0.662.